The van der Waals surface area contributed by atoms with E-state index >= 15 is 0 Å². The molecule has 1 aromatic carbocycles. The molecular weight excluding hydrogens is 240 g/mol. The molecule has 0 radical (unpaired) electrons. The lowest BCUT2D eigenvalue weighted by atomic mass is 10.0. The zero-order valence-electron chi connectivity index (χ0n) is 12.1. The first-order valence-corrected chi connectivity index (χ1v) is 6.43. The zero-order valence-corrected chi connectivity index (χ0v) is 12.1. The SMILES string of the molecule is Cc1cc(-c2cc(=O)n(C)[nH]2)cc(C)c1OC(C)C. The summed E-state index contributed by atoms with van der Waals surface area (Å²) in [6.45, 7) is 8.08. The number of ether oxygens (including phenoxy) is 1. The van der Waals surface area contributed by atoms with Crippen molar-refractivity contribution in [2.24, 2.45) is 7.05 Å². The van der Waals surface area contributed by atoms with Crippen LogP contribution < -0.4 is 10.3 Å². The molecule has 1 aromatic heterocycles. The third kappa shape index (κ3) is 2.72. The summed E-state index contributed by atoms with van der Waals surface area (Å²) in [4.78, 5) is 11.5. The van der Waals surface area contributed by atoms with Crippen molar-refractivity contribution in [2.45, 2.75) is 33.8 Å². The van der Waals surface area contributed by atoms with E-state index in [1.165, 1.54) is 4.68 Å². The van der Waals surface area contributed by atoms with Crippen LogP contribution in [0.4, 0.5) is 0 Å². The molecule has 0 saturated heterocycles. The van der Waals surface area contributed by atoms with Crippen LogP contribution in [0.3, 0.4) is 0 Å². The van der Waals surface area contributed by atoms with Crippen molar-refractivity contribution < 1.29 is 4.74 Å². The monoisotopic (exact) mass is 260 g/mol. The zero-order chi connectivity index (χ0) is 14.2. The molecule has 1 heterocycles. The second kappa shape index (κ2) is 4.96. The average Bonchev–Trinajstić information content (AvgIpc) is 2.64. The van der Waals surface area contributed by atoms with Gasteiger partial charge in [0.25, 0.3) is 5.56 Å². The topological polar surface area (TPSA) is 47.0 Å². The van der Waals surface area contributed by atoms with Crippen molar-refractivity contribution in [3.63, 3.8) is 0 Å². The summed E-state index contributed by atoms with van der Waals surface area (Å²) in [5.74, 6) is 0.928. The van der Waals surface area contributed by atoms with Crippen LogP contribution in [0.15, 0.2) is 23.0 Å². The predicted octanol–water partition coefficient (Wildman–Crippen LogP) is 2.78. The van der Waals surface area contributed by atoms with E-state index in [-0.39, 0.29) is 11.7 Å². The molecule has 0 atom stereocenters. The van der Waals surface area contributed by atoms with Gasteiger partial charge in [0.1, 0.15) is 5.75 Å². The smallest absolute Gasteiger partial charge is 0.266 e. The molecule has 1 N–H and O–H groups in total. The maximum Gasteiger partial charge on any atom is 0.266 e. The van der Waals surface area contributed by atoms with Crippen molar-refractivity contribution >= 4 is 0 Å². The molecule has 0 aliphatic rings. The number of aromatic amines is 1. The molecule has 4 heteroatoms. The van der Waals surface area contributed by atoms with E-state index in [1.807, 2.05) is 39.8 Å². The molecule has 0 amide bonds. The quantitative estimate of drug-likeness (QED) is 0.922. The normalized spacial score (nSPS) is 11.1. The van der Waals surface area contributed by atoms with E-state index < -0.39 is 0 Å². The number of H-pyrrole nitrogens is 1. The second-order valence-electron chi connectivity index (χ2n) is 5.17. The Morgan fingerprint density at radius 2 is 1.74 bits per heavy atom. The van der Waals surface area contributed by atoms with Crippen LogP contribution in [-0.2, 0) is 7.05 Å². The van der Waals surface area contributed by atoms with Crippen LogP contribution in [0.1, 0.15) is 25.0 Å². The summed E-state index contributed by atoms with van der Waals surface area (Å²) in [6.07, 6.45) is 0.153. The largest absolute Gasteiger partial charge is 0.490 e. The fourth-order valence-electron chi connectivity index (χ4n) is 2.16. The minimum absolute atomic E-state index is 0.0344. The molecule has 4 nitrogen and oxygen atoms in total. The van der Waals surface area contributed by atoms with Gasteiger partial charge in [-0.1, -0.05) is 0 Å². The molecular formula is C15H20N2O2. The predicted molar refractivity (Wildman–Crippen MR) is 76.7 cm³/mol. The van der Waals surface area contributed by atoms with E-state index in [9.17, 15) is 4.79 Å². The number of nitrogens with one attached hydrogen (secondary N) is 1. The Labute approximate surface area is 113 Å². The Hall–Kier alpha value is -1.97. The molecule has 0 saturated carbocycles. The van der Waals surface area contributed by atoms with Gasteiger partial charge in [-0.25, -0.2) is 0 Å². The van der Waals surface area contributed by atoms with E-state index in [4.69, 9.17) is 4.74 Å². The van der Waals surface area contributed by atoms with Gasteiger partial charge in [-0.15, -0.1) is 0 Å². The van der Waals surface area contributed by atoms with Crippen molar-refractivity contribution in [1.82, 2.24) is 9.78 Å². The molecule has 0 fully saturated rings. The van der Waals surface area contributed by atoms with Crippen molar-refractivity contribution in [3.05, 3.63) is 39.7 Å². The number of aryl methyl sites for hydroxylation is 3. The molecule has 0 bridgehead atoms. The van der Waals surface area contributed by atoms with Crippen LogP contribution in [0.2, 0.25) is 0 Å². The van der Waals surface area contributed by atoms with Gasteiger partial charge in [-0.05, 0) is 51.0 Å². The van der Waals surface area contributed by atoms with Crippen molar-refractivity contribution in [1.29, 1.82) is 0 Å². The Kier molecular flexibility index (Phi) is 3.51. The van der Waals surface area contributed by atoms with E-state index in [1.54, 1.807) is 13.1 Å². The first-order chi connectivity index (χ1) is 8.88. The first-order valence-electron chi connectivity index (χ1n) is 6.43. The van der Waals surface area contributed by atoms with Gasteiger partial charge in [0.15, 0.2) is 0 Å². The number of aromatic nitrogens is 2. The third-order valence-corrected chi connectivity index (χ3v) is 3.01. The fraction of sp³-hybridized carbons (Fsp3) is 0.400. The summed E-state index contributed by atoms with van der Waals surface area (Å²) < 4.78 is 7.29. The number of hydrogen-bond donors (Lipinski definition) is 1. The van der Waals surface area contributed by atoms with Gasteiger partial charge in [0.2, 0.25) is 0 Å². The van der Waals surface area contributed by atoms with Gasteiger partial charge in [0, 0.05) is 18.7 Å². The van der Waals surface area contributed by atoms with Gasteiger partial charge >= 0.3 is 0 Å². The van der Waals surface area contributed by atoms with Crippen LogP contribution >= 0.6 is 0 Å². The lowest BCUT2D eigenvalue weighted by molar-refractivity contribution is 0.239. The highest BCUT2D eigenvalue weighted by Gasteiger charge is 2.10. The highest BCUT2D eigenvalue weighted by Crippen LogP contribution is 2.29. The highest BCUT2D eigenvalue weighted by molar-refractivity contribution is 5.63. The molecule has 2 rings (SSSR count). The van der Waals surface area contributed by atoms with Crippen LogP contribution in [0.25, 0.3) is 11.3 Å². The molecule has 0 unspecified atom stereocenters. The molecule has 2 aromatic rings. The number of rotatable bonds is 3. The number of hydrogen-bond acceptors (Lipinski definition) is 2. The second-order valence-corrected chi connectivity index (χ2v) is 5.17. The maximum atomic E-state index is 11.5. The Morgan fingerprint density at radius 3 is 2.16 bits per heavy atom. The van der Waals surface area contributed by atoms with Crippen LogP contribution in [-0.4, -0.2) is 15.9 Å². The molecule has 0 aliphatic carbocycles. The lowest BCUT2D eigenvalue weighted by Gasteiger charge is -2.16. The van der Waals surface area contributed by atoms with Gasteiger partial charge in [0.05, 0.1) is 11.8 Å². The minimum atomic E-state index is -0.0344. The molecule has 0 spiro atoms. The van der Waals surface area contributed by atoms with Gasteiger partial charge in [-0.2, -0.15) is 0 Å². The minimum Gasteiger partial charge on any atom is -0.490 e. The molecule has 102 valence electrons. The third-order valence-electron chi connectivity index (χ3n) is 3.01. The molecule has 0 aliphatic heterocycles. The average molecular weight is 260 g/mol. The number of benzene rings is 1. The molecule has 19 heavy (non-hydrogen) atoms. The Balaban J connectivity index is 2.47. The standard InChI is InChI=1S/C15H20N2O2/c1-9(2)19-15-10(3)6-12(7-11(15)4)13-8-14(18)17(5)16-13/h6-9,16H,1-5H3. The summed E-state index contributed by atoms with van der Waals surface area (Å²) in [6, 6.07) is 5.68. The van der Waals surface area contributed by atoms with Gasteiger partial charge < -0.3 is 4.74 Å². The maximum absolute atomic E-state index is 11.5. The highest BCUT2D eigenvalue weighted by atomic mass is 16.5. The summed E-state index contributed by atoms with van der Waals surface area (Å²) >= 11 is 0. The summed E-state index contributed by atoms with van der Waals surface area (Å²) in [7, 11) is 1.71. The van der Waals surface area contributed by atoms with Gasteiger partial charge in [-0.3, -0.25) is 14.6 Å². The van der Waals surface area contributed by atoms with Crippen LogP contribution in [0, 0.1) is 13.8 Å². The first kappa shape index (κ1) is 13.5. The van der Waals surface area contributed by atoms with E-state index in [0.29, 0.717) is 0 Å². The van der Waals surface area contributed by atoms with E-state index in [2.05, 4.69) is 5.10 Å². The number of nitrogens with zero attached hydrogens (tertiary/aromatic N) is 1. The fourth-order valence-corrected chi connectivity index (χ4v) is 2.16. The summed E-state index contributed by atoms with van der Waals surface area (Å²) in [5, 5.41) is 3.04. The van der Waals surface area contributed by atoms with Crippen molar-refractivity contribution in [2.75, 3.05) is 0 Å². The Morgan fingerprint density at radius 1 is 1.16 bits per heavy atom. The van der Waals surface area contributed by atoms with Crippen molar-refractivity contribution in [3.8, 4) is 17.0 Å². The summed E-state index contributed by atoms with van der Waals surface area (Å²) in [5.41, 5.74) is 3.95. The van der Waals surface area contributed by atoms with Crippen LogP contribution in [0.5, 0.6) is 5.75 Å². The Bertz CT molecular complexity index is 627. The van der Waals surface area contributed by atoms with E-state index in [0.717, 1.165) is 28.1 Å². The lowest BCUT2D eigenvalue weighted by Crippen LogP contribution is -2.09.